The lowest BCUT2D eigenvalue weighted by Crippen LogP contribution is -2.46. The number of morpholine rings is 1. The smallest absolute Gasteiger partial charge is 0.244 e. The Labute approximate surface area is 172 Å². The Kier molecular flexibility index (Phi) is 6.15. The first kappa shape index (κ1) is 20.3. The first-order valence-electron chi connectivity index (χ1n) is 10.1. The molecule has 1 aromatic carbocycles. The lowest BCUT2D eigenvalue weighted by atomic mass is 10.1. The van der Waals surface area contributed by atoms with E-state index >= 15 is 0 Å². The average Bonchev–Trinajstić information content (AvgIpc) is 2.77. The molecule has 0 radical (unpaired) electrons. The number of hydrogen-bond donors (Lipinski definition) is 0. The molecule has 0 unspecified atom stereocenters. The molecule has 0 spiro atoms. The number of sulfonamides is 1. The zero-order chi connectivity index (χ0) is 20.3. The van der Waals surface area contributed by atoms with Crippen LogP contribution in [0.15, 0.2) is 47.5 Å². The largest absolute Gasteiger partial charge is 0.379 e. The number of aryl methyl sites for hydroxylation is 1. The van der Waals surface area contributed by atoms with E-state index in [0.717, 1.165) is 38.5 Å². The monoisotopic (exact) mass is 416 g/mol. The zero-order valence-electron chi connectivity index (χ0n) is 16.8. The third-order valence-electron chi connectivity index (χ3n) is 5.68. The number of hydrogen-bond acceptors (Lipinski definition) is 6. The summed E-state index contributed by atoms with van der Waals surface area (Å²) in [6, 6.07) is 12.0. The van der Waals surface area contributed by atoms with Crippen LogP contribution < -0.4 is 4.90 Å². The van der Waals surface area contributed by atoms with Crippen molar-refractivity contribution >= 4 is 15.8 Å². The summed E-state index contributed by atoms with van der Waals surface area (Å²) < 4.78 is 32.2. The molecule has 2 aromatic rings. The van der Waals surface area contributed by atoms with Crippen LogP contribution in [0.3, 0.4) is 0 Å². The van der Waals surface area contributed by atoms with Crippen LogP contribution in [0.4, 0.5) is 5.82 Å². The molecule has 4 rings (SSSR count). The van der Waals surface area contributed by atoms with Crippen LogP contribution in [-0.2, 0) is 21.3 Å². The molecule has 2 aliphatic rings. The van der Waals surface area contributed by atoms with E-state index in [9.17, 15) is 8.42 Å². The first-order chi connectivity index (χ1) is 14.0. The molecule has 3 heterocycles. The van der Waals surface area contributed by atoms with Crippen molar-refractivity contribution in [3.05, 3.63) is 53.7 Å². The number of rotatable bonds is 5. The highest BCUT2D eigenvalue weighted by molar-refractivity contribution is 7.89. The van der Waals surface area contributed by atoms with Crippen LogP contribution in [-0.4, -0.2) is 75.1 Å². The Hall–Kier alpha value is -2.00. The maximum absolute atomic E-state index is 12.7. The molecule has 1 aromatic heterocycles. The number of aromatic nitrogens is 1. The fraction of sp³-hybridized carbons (Fsp3) is 0.476. The predicted octanol–water partition coefficient (Wildman–Crippen LogP) is 1.73. The molecule has 0 bridgehead atoms. The lowest BCUT2D eigenvalue weighted by Gasteiger charge is -2.35. The van der Waals surface area contributed by atoms with E-state index in [0.29, 0.717) is 26.3 Å². The van der Waals surface area contributed by atoms with Gasteiger partial charge in [-0.25, -0.2) is 13.4 Å². The molecular weight excluding hydrogens is 388 g/mol. The fourth-order valence-corrected chi connectivity index (χ4v) is 5.17. The second kappa shape index (κ2) is 8.79. The molecule has 0 aliphatic carbocycles. The van der Waals surface area contributed by atoms with Gasteiger partial charge in [0, 0.05) is 52.0 Å². The van der Waals surface area contributed by atoms with Crippen molar-refractivity contribution in [3.8, 4) is 0 Å². The van der Waals surface area contributed by atoms with E-state index < -0.39 is 10.0 Å². The van der Waals surface area contributed by atoms with E-state index in [4.69, 9.17) is 4.74 Å². The normalized spacial score (nSPS) is 19.4. The van der Waals surface area contributed by atoms with Crippen LogP contribution in [0.2, 0.25) is 0 Å². The average molecular weight is 417 g/mol. The number of pyridine rings is 1. The second-order valence-electron chi connectivity index (χ2n) is 7.56. The topological polar surface area (TPSA) is 66.0 Å². The van der Waals surface area contributed by atoms with E-state index in [1.54, 1.807) is 6.07 Å². The van der Waals surface area contributed by atoms with E-state index in [1.807, 2.05) is 6.07 Å². The molecule has 29 heavy (non-hydrogen) atoms. The summed E-state index contributed by atoms with van der Waals surface area (Å²) in [5.41, 5.74) is 2.70. The summed E-state index contributed by atoms with van der Waals surface area (Å²) in [5.74, 6) is 0.835. The molecule has 156 valence electrons. The summed E-state index contributed by atoms with van der Waals surface area (Å²) in [6.07, 6.45) is 1.49. The summed E-state index contributed by atoms with van der Waals surface area (Å²) in [6.45, 7) is 8.48. The minimum atomic E-state index is -3.49. The van der Waals surface area contributed by atoms with Crippen LogP contribution in [0, 0.1) is 6.92 Å². The van der Waals surface area contributed by atoms with Gasteiger partial charge in [-0.1, -0.05) is 24.3 Å². The molecular formula is C21H28N4O3S. The Morgan fingerprint density at radius 2 is 1.69 bits per heavy atom. The summed E-state index contributed by atoms with van der Waals surface area (Å²) >= 11 is 0. The molecule has 0 saturated carbocycles. The Bertz CT molecular complexity index is 919. The van der Waals surface area contributed by atoms with Crippen LogP contribution in [0.5, 0.6) is 0 Å². The van der Waals surface area contributed by atoms with Gasteiger partial charge in [0.25, 0.3) is 0 Å². The van der Waals surface area contributed by atoms with Gasteiger partial charge in [-0.15, -0.1) is 0 Å². The summed E-state index contributed by atoms with van der Waals surface area (Å²) in [4.78, 5) is 9.38. The van der Waals surface area contributed by atoms with Gasteiger partial charge in [0.05, 0.1) is 13.2 Å². The van der Waals surface area contributed by atoms with Crippen molar-refractivity contribution in [2.45, 2.75) is 18.4 Å². The second-order valence-corrected chi connectivity index (χ2v) is 9.50. The molecule has 8 heteroatoms. The Balaban J connectivity index is 1.36. The number of anilines is 1. The highest BCUT2D eigenvalue weighted by Crippen LogP contribution is 2.21. The predicted molar refractivity (Wildman–Crippen MR) is 112 cm³/mol. The van der Waals surface area contributed by atoms with Gasteiger partial charge >= 0.3 is 0 Å². The van der Waals surface area contributed by atoms with Crippen molar-refractivity contribution in [2.75, 3.05) is 57.4 Å². The molecule has 0 amide bonds. The Morgan fingerprint density at radius 1 is 0.966 bits per heavy atom. The SMILES string of the molecule is Cc1ccccc1CN1CCN(c2ccc(S(=O)(=O)N3CCOCC3)cn2)CC1. The number of nitrogens with zero attached hydrogens (tertiary/aromatic N) is 4. The minimum Gasteiger partial charge on any atom is -0.379 e. The molecule has 2 aliphatic heterocycles. The highest BCUT2D eigenvalue weighted by Gasteiger charge is 2.27. The van der Waals surface area contributed by atoms with Crippen molar-refractivity contribution in [2.24, 2.45) is 0 Å². The van der Waals surface area contributed by atoms with Gasteiger partial charge in [-0.3, -0.25) is 4.90 Å². The first-order valence-corrected chi connectivity index (χ1v) is 11.5. The van der Waals surface area contributed by atoms with E-state index in [2.05, 4.69) is 46.0 Å². The van der Waals surface area contributed by atoms with Crippen molar-refractivity contribution < 1.29 is 13.2 Å². The minimum absolute atomic E-state index is 0.251. The molecule has 2 fully saturated rings. The van der Waals surface area contributed by atoms with Gasteiger partial charge in [0.2, 0.25) is 10.0 Å². The van der Waals surface area contributed by atoms with Crippen molar-refractivity contribution in [1.29, 1.82) is 0 Å². The Morgan fingerprint density at radius 3 is 2.34 bits per heavy atom. The maximum Gasteiger partial charge on any atom is 0.244 e. The lowest BCUT2D eigenvalue weighted by molar-refractivity contribution is 0.0730. The van der Waals surface area contributed by atoms with E-state index in [1.165, 1.54) is 21.6 Å². The number of piperazine rings is 1. The third kappa shape index (κ3) is 4.61. The summed E-state index contributed by atoms with van der Waals surface area (Å²) in [7, 11) is -3.49. The van der Waals surface area contributed by atoms with Crippen molar-refractivity contribution in [1.82, 2.24) is 14.2 Å². The van der Waals surface area contributed by atoms with E-state index in [-0.39, 0.29) is 4.90 Å². The standard InChI is InChI=1S/C21H28N4O3S/c1-18-4-2-3-5-19(18)17-23-8-10-24(11-9-23)21-7-6-20(16-22-21)29(26,27)25-12-14-28-15-13-25/h2-7,16H,8-15,17H2,1H3. The molecule has 0 N–H and O–H groups in total. The zero-order valence-corrected chi connectivity index (χ0v) is 17.6. The number of ether oxygens (including phenoxy) is 1. The van der Waals surface area contributed by atoms with Gasteiger partial charge < -0.3 is 9.64 Å². The highest BCUT2D eigenvalue weighted by atomic mass is 32.2. The van der Waals surface area contributed by atoms with Crippen LogP contribution >= 0.6 is 0 Å². The van der Waals surface area contributed by atoms with Crippen LogP contribution in [0.25, 0.3) is 0 Å². The third-order valence-corrected chi connectivity index (χ3v) is 7.56. The van der Waals surface area contributed by atoms with Gasteiger partial charge in [0.1, 0.15) is 10.7 Å². The summed E-state index contributed by atoms with van der Waals surface area (Å²) in [5, 5.41) is 0. The molecule has 2 saturated heterocycles. The molecule has 7 nitrogen and oxygen atoms in total. The maximum atomic E-state index is 12.7. The van der Waals surface area contributed by atoms with Crippen LogP contribution in [0.1, 0.15) is 11.1 Å². The van der Waals surface area contributed by atoms with Crippen molar-refractivity contribution in [3.63, 3.8) is 0 Å². The van der Waals surface area contributed by atoms with Gasteiger partial charge in [-0.05, 0) is 30.2 Å². The fourth-order valence-electron chi connectivity index (χ4n) is 3.81. The quantitative estimate of drug-likeness (QED) is 0.740. The molecule has 0 atom stereocenters. The van der Waals surface area contributed by atoms with Gasteiger partial charge in [-0.2, -0.15) is 4.31 Å². The van der Waals surface area contributed by atoms with Gasteiger partial charge in [0.15, 0.2) is 0 Å². The number of benzene rings is 1.